The van der Waals surface area contributed by atoms with E-state index >= 15 is 0 Å². The van der Waals surface area contributed by atoms with Gasteiger partial charge in [-0.25, -0.2) is 0 Å². The van der Waals surface area contributed by atoms with Crippen LogP contribution in [0.1, 0.15) is 34.6 Å². The first-order valence-corrected chi connectivity index (χ1v) is 7.08. The van der Waals surface area contributed by atoms with Gasteiger partial charge in [0, 0.05) is 16.8 Å². The van der Waals surface area contributed by atoms with E-state index < -0.39 is 0 Å². The zero-order chi connectivity index (χ0) is 15.4. The molecule has 0 radical (unpaired) electrons. The van der Waals surface area contributed by atoms with Crippen molar-refractivity contribution in [1.29, 1.82) is 0 Å². The lowest BCUT2D eigenvalue weighted by Crippen LogP contribution is -2.27. The highest BCUT2D eigenvalue weighted by molar-refractivity contribution is 7.80. The number of hydrogen-bond donors (Lipinski definition) is 2. The predicted molar refractivity (Wildman–Crippen MR) is 87.5 cm³/mol. The number of amides is 1. The number of nitrogens with zero attached hydrogens (tertiary/aromatic N) is 1. The number of nitrogens with one attached hydrogen (secondary N) is 1. The second-order valence-electron chi connectivity index (χ2n) is 4.54. The number of carbonyl (C=O) groups excluding carboxylic acids is 1. The Labute approximate surface area is 133 Å². The highest BCUT2D eigenvalue weighted by atomic mass is 35.5. The molecule has 2 rings (SSSR count). The second-order valence-corrected chi connectivity index (χ2v) is 5.42. The summed E-state index contributed by atoms with van der Waals surface area (Å²) in [5.74, 6) is -0.257. The van der Waals surface area contributed by atoms with Gasteiger partial charge in [-0.1, -0.05) is 36.0 Å². The Bertz CT molecular complexity index is 656. The fourth-order valence-corrected chi connectivity index (χ4v) is 2.03. The molecule has 1 aromatic heterocycles. The summed E-state index contributed by atoms with van der Waals surface area (Å²) in [5, 5.41) is 3.53. The van der Waals surface area contributed by atoms with Crippen LogP contribution in [0.15, 0.2) is 42.6 Å². The summed E-state index contributed by atoms with van der Waals surface area (Å²) in [6.45, 7) is 1.89. The molecular weight excluding hydrogens is 306 g/mol. The lowest BCUT2D eigenvalue weighted by Gasteiger charge is -2.14. The van der Waals surface area contributed by atoms with Gasteiger partial charge < -0.3 is 11.1 Å². The molecule has 2 aromatic rings. The van der Waals surface area contributed by atoms with Crippen LogP contribution >= 0.6 is 23.8 Å². The summed E-state index contributed by atoms with van der Waals surface area (Å²) in [6.07, 6.45) is 1.49. The van der Waals surface area contributed by atoms with Crippen molar-refractivity contribution in [3.05, 3.63) is 64.4 Å². The number of aromatic nitrogens is 1. The van der Waals surface area contributed by atoms with Gasteiger partial charge in [0.2, 0.25) is 0 Å². The molecule has 0 spiro atoms. The number of nitrogens with two attached hydrogens (primary N) is 1. The second kappa shape index (κ2) is 6.65. The highest BCUT2D eigenvalue weighted by Gasteiger charge is 2.12. The molecule has 21 heavy (non-hydrogen) atoms. The van der Waals surface area contributed by atoms with Crippen LogP contribution in [0.25, 0.3) is 0 Å². The average Bonchev–Trinajstić information content (AvgIpc) is 2.47. The van der Waals surface area contributed by atoms with Gasteiger partial charge in [0.05, 0.1) is 6.04 Å². The quantitative estimate of drug-likeness (QED) is 0.850. The molecule has 1 amide bonds. The van der Waals surface area contributed by atoms with Crippen LogP contribution in [-0.4, -0.2) is 15.9 Å². The first kappa shape index (κ1) is 15.4. The van der Waals surface area contributed by atoms with E-state index in [1.165, 1.54) is 6.20 Å². The van der Waals surface area contributed by atoms with Crippen LogP contribution in [-0.2, 0) is 0 Å². The van der Waals surface area contributed by atoms with Gasteiger partial charge in [-0.3, -0.25) is 9.78 Å². The molecule has 6 heteroatoms. The Morgan fingerprint density at radius 3 is 2.48 bits per heavy atom. The molecule has 0 aliphatic heterocycles. The summed E-state index contributed by atoms with van der Waals surface area (Å²) in [5.41, 5.74) is 7.40. The normalized spacial score (nSPS) is 11.7. The maximum absolute atomic E-state index is 12.1. The Hall–Kier alpha value is -1.98. The van der Waals surface area contributed by atoms with Crippen LogP contribution in [0.5, 0.6) is 0 Å². The number of thiocarbonyl (C=S) groups is 1. The van der Waals surface area contributed by atoms with Gasteiger partial charge in [0.25, 0.3) is 5.91 Å². The van der Waals surface area contributed by atoms with Crippen molar-refractivity contribution < 1.29 is 4.79 Å². The van der Waals surface area contributed by atoms with Crippen molar-refractivity contribution in [2.75, 3.05) is 0 Å². The summed E-state index contributed by atoms with van der Waals surface area (Å²) >= 11 is 10.7. The Balaban J connectivity index is 2.06. The minimum Gasteiger partial charge on any atom is -0.389 e. The third-order valence-corrected chi connectivity index (χ3v) is 3.49. The van der Waals surface area contributed by atoms with Gasteiger partial charge in [-0.2, -0.15) is 0 Å². The number of pyridine rings is 1. The molecule has 108 valence electrons. The van der Waals surface area contributed by atoms with Crippen LogP contribution < -0.4 is 11.1 Å². The van der Waals surface area contributed by atoms with E-state index in [1.54, 1.807) is 24.3 Å². The van der Waals surface area contributed by atoms with Gasteiger partial charge in [-0.05, 0) is 36.8 Å². The first-order chi connectivity index (χ1) is 9.97. The maximum atomic E-state index is 12.1. The van der Waals surface area contributed by atoms with E-state index in [9.17, 15) is 4.79 Å². The third-order valence-electron chi connectivity index (χ3n) is 3.00. The van der Waals surface area contributed by atoms with Gasteiger partial charge in [-0.15, -0.1) is 0 Å². The van der Waals surface area contributed by atoms with Gasteiger partial charge in [0.1, 0.15) is 10.7 Å². The van der Waals surface area contributed by atoms with Crippen molar-refractivity contribution >= 4 is 34.7 Å². The minimum absolute atomic E-state index is 0.146. The van der Waals surface area contributed by atoms with E-state index in [-0.39, 0.29) is 16.9 Å². The molecule has 0 saturated heterocycles. The van der Waals surface area contributed by atoms with Crippen molar-refractivity contribution in [3.8, 4) is 0 Å². The van der Waals surface area contributed by atoms with Gasteiger partial charge >= 0.3 is 0 Å². The van der Waals surface area contributed by atoms with Crippen molar-refractivity contribution in [2.24, 2.45) is 5.73 Å². The average molecular weight is 320 g/mol. The van der Waals surface area contributed by atoms with Crippen LogP contribution in [0.4, 0.5) is 0 Å². The predicted octanol–water partition coefficient (Wildman–Crippen LogP) is 2.86. The largest absolute Gasteiger partial charge is 0.389 e. The fraction of sp³-hybridized carbons (Fsp3) is 0.133. The standard InChI is InChI=1S/C15H14ClN3OS/c1-9(10-2-5-12(16)6-3-10)19-15(20)13-7-4-11(8-18-13)14(17)21/h2-9H,1H3,(H2,17,21)(H,19,20). The van der Waals surface area contributed by atoms with Crippen molar-refractivity contribution in [1.82, 2.24) is 10.3 Å². The summed E-state index contributed by atoms with van der Waals surface area (Å²) in [6, 6.07) is 10.4. The number of benzene rings is 1. The molecule has 0 bridgehead atoms. The zero-order valence-corrected chi connectivity index (χ0v) is 12.9. The lowest BCUT2D eigenvalue weighted by molar-refractivity contribution is 0.0935. The highest BCUT2D eigenvalue weighted by Crippen LogP contribution is 2.16. The number of rotatable bonds is 4. The van der Waals surface area contributed by atoms with Crippen LogP contribution in [0.2, 0.25) is 5.02 Å². The van der Waals surface area contributed by atoms with Crippen LogP contribution in [0, 0.1) is 0 Å². The smallest absolute Gasteiger partial charge is 0.270 e. The summed E-state index contributed by atoms with van der Waals surface area (Å²) in [4.78, 5) is 16.4. The van der Waals surface area contributed by atoms with E-state index in [0.717, 1.165) is 5.56 Å². The van der Waals surface area contributed by atoms with Crippen molar-refractivity contribution in [2.45, 2.75) is 13.0 Å². The summed E-state index contributed by atoms with van der Waals surface area (Å²) in [7, 11) is 0. The number of carbonyl (C=O) groups is 1. The van der Waals surface area contributed by atoms with E-state index in [0.29, 0.717) is 16.3 Å². The lowest BCUT2D eigenvalue weighted by atomic mass is 10.1. The molecule has 1 heterocycles. The van der Waals surface area contributed by atoms with Gasteiger partial charge in [0.15, 0.2) is 0 Å². The van der Waals surface area contributed by atoms with Crippen LogP contribution in [0.3, 0.4) is 0 Å². The first-order valence-electron chi connectivity index (χ1n) is 6.29. The van der Waals surface area contributed by atoms with Crippen molar-refractivity contribution in [3.63, 3.8) is 0 Å². The molecule has 1 aromatic carbocycles. The topological polar surface area (TPSA) is 68.0 Å². The summed E-state index contributed by atoms with van der Waals surface area (Å²) < 4.78 is 0. The monoisotopic (exact) mass is 319 g/mol. The SMILES string of the molecule is CC(NC(=O)c1ccc(C(N)=S)cn1)c1ccc(Cl)cc1. The molecule has 0 aliphatic rings. The Morgan fingerprint density at radius 1 is 1.29 bits per heavy atom. The third kappa shape index (κ3) is 4.00. The molecule has 1 unspecified atom stereocenters. The number of hydrogen-bond acceptors (Lipinski definition) is 3. The fourth-order valence-electron chi connectivity index (χ4n) is 1.78. The Kier molecular flexibility index (Phi) is 4.88. The zero-order valence-electron chi connectivity index (χ0n) is 11.3. The molecule has 4 nitrogen and oxygen atoms in total. The molecule has 1 atom stereocenters. The molecule has 0 aliphatic carbocycles. The molecular formula is C15H14ClN3OS. The van der Waals surface area contributed by atoms with E-state index in [2.05, 4.69) is 10.3 Å². The Morgan fingerprint density at radius 2 is 1.95 bits per heavy atom. The van der Waals surface area contributed by atoms with E-state index in [4.69, 9.17) is 29.6 Å². The number of halogens is 1. The minimum atomic E-state index is -0.257. The molecule has 0 fully saturated rings. The molecule has 0 saturated carbocycles. The molecule has 3 N–H and O–H groups in total. The maximum Gasteiger partial charge on any atom is 0.270 e. The van der Waals surface area contributed by atoms with E-state index in [1.807, 2.05) is 19.1 Å².